The largest absolute Gasteiger partial charge is 0.490 e. The van der Waals surface area contributed by atoms with E-state index < -0.39 is 14.9 Å². The molecule has 1 aromatic carbocycles. The van der Waals surface area contributed by atoms with Crippen LogP contribution in [0.1, 0.15) is 31.7 Å². The number of ether oxygens (including phenoxy) is 1. The van der Waals surface area contributed by atoms with Crippen LogP contribution in [0.2, 0.25) is 0 Å². The van der Waals surface area contributed by atoms with Gasteiger partial charge in [-0.15, -0.1) is 11.8 Å². The van der Waals surface area contributed by atoms with Crippen molar-refractivity contribution in [2.75, 3.05) is 31.7 Å². The van der Waals surface area contributed by atoms with E-state index in [2.05, 4.69) is 4.72 Å². The second kappa shape index (κ2) is 10.8. The summed E-state index contributed by atoms with van der Waals surface area (Å²) in [5.41, 5.74) is 0.656. The fourth-order valence-electron chi connectivity index (χ4n) is 3.14. The lowest BCUT2D eigenvalue weighted by molar-refractivity contribution is -0.385. The maximum atomic E-state index is 12.4. The molecule has 2 rings (SSSR count). The summed E-state index contributed by atoms with van der Waals surface area (Å²) < 4.78 is 31.4. The van der Waals surface area contributed by atoms with Crippen LogP contribution in [0.4, 0.5) is 5.69 Å². The first-order chi connectivity index (χ1) is 13.8. The number of nitro groups is 1. The molecule has 1 amide bonds. The molecule has 11 heteroatoms. The lowest BCUT2D eigenvalue weighted by atomic mass is 10.1. The second-order valence-electron chi connectivity index (χ2n) is 6.85. The van der Waals surface area contributed by atoms with Gasteiger partial charge in [-0.2, -0.15) is 0 Å². The summed E-state index contributed by atoms with van der Waals surface area (Å²) >= 11 is 1.39. The van der Waals surface area contributed by atoms with Crippen LogP contribution in [0.5, 0.6) is 5.75 Å². The Morgan fingerprint density at radius 1 is 1.38 bits per heavy atom. The van der Waals surface area contributed by atoms with Gasteiger partial charge in [0.1, 0.15) is 0 Å². The van der Waals surface area contributed by atoms with Crippen molar-refractivity contribution in [2.24, 2.45) is 0 Å². The molecule has 0 spiro atoms. The number of piperidine rings is 1. The molecular weight excluding hydrogens is 418 g/mol. The number of amides is 1. The number of nitro benzene ring substituents is 1. The van der Waals surface area contributed by atoms with Crippen molar-refractivity contribution in [1.29, 1.82) is 0 Å². The number of thioether (sulfide) groups is 1. The monoisotopic (exact) mass is 445 g/mol. The smallest absolute Gasteiger partial charge is 0.311 e. The van der Waals surface area contributed by atoms with Gasteiger partial charge in [-0.3, -0.25) is 14.9 Å². The molecule has 1 saturated heterocycles. The van der Waals surface area contributed by atoms with Crippen molar-refractivity contribution in [1.82, 2.24) is 9.62 Å². The van der Waals surface area contributed by atoms with Gasteiger partial charge in [0.05, 0.1) is 23.5 Å². The maximum Gasteiger partial charge on any atom is 0.311 e. The van der Waals surface area contributed by atoms with Crippen LogP contribution in [0, 0.1) is 10.1 Å². The fraction of sp³-hybridized carbons (Fsp3) is 0.611. The van der Waals surface area contributed by atoms with E-state index in [1.54, 1.807) is 17.0 Å². The molecule has 29 heavy (non-hydrogen) atoms. The predicted molar refractivity (Wildman–Crippen MR) is 113 cm³/mol. The number of benzene rings is 1. The average Bonchev–Trinajstić information content (AvgIpc) is 2.67. The van der Waals surface area contributed by atoms with Gasteiger partial charge in [0, 0.05) is 31.0 Å². The normalized spacial score (nSPS) is 15.3. The summed E-state index contributed by atoms with van der Waals surface area (Å²) in [5.74, 6) is 1.06. The van der Waals surface area contributed by atoms with E-state index in [1.165, 1.54) is 24.9 Å². The lowest BCUT2D eigenvalue weighted by Crippen LogP contribution is -2.47. The highest BCUT2D eigenvalue weighted by molar-refractivity contribution is 7.99. The Morgan fingerprint density at radius 3 is 2.66 bits per heavy atom. The number of sulfonamides is 1. The maximum absolute atomic E-state index is 12.4. The SMILES string of the molecule is CCCS(=O)(=O)NC1CCN(C(=O)CSCc2ccc(OC)c([N+](=O)[O-])c2)CC1. The van der Waals surface area contributed by atoms with E-state index in [-0.39, 0.29) is 34.9 Å². The third-order valence-corrected chi connectivity index (χ3v) is 7.23. The average molecular weight is 446 g/mol. The minimum atomic E-state index is -3.24. The zero-order valence-electron chi connectivity index (χ0n) is 16.6. The highest BCUT2D eigenvalue weighted by Gasteiger charge is 2.25. The van der Waals surface area contributed by atoms with Crippen LogP contribution in [-0.4, -0.2) is 61.9 Å². The molecule has 1 fully saturated rings. The topological polar surface area (TPSA) is 119 Å². The Bertz CT molecular complexity index is 823. The number of methoxy groups -OCH3 is 1. The van der Waals surface area contributed by atoms with Crippen LogP contribution >= 0.6 is 11.8 Å². The van der Waals surface area contributed by atoms with Gasteiger partial charge in [-0.05, 0) is 30.9 Å². The van der Waals surface area contributed by atoms with Crippen LogP contribution in [0.15, 0.2) is 18.2 Å². The number of carbonyl (C=O) groups is 1. The van der Waals surface area contributed by atoms with Gasteiger partial charge in [0.2, 0.25) is 15.9 Å². The number of rotatable bonds is 10. The van der Waals surface area contributed by atoms with Crippen molar-refractivity contribution in [3.63, 3.8) is 0 Å². The first-order valence-corrected chi connectivity index (χ1v) is 12.2. The van der Waals surface area contributed by atoms with Crippen molar-refractivity contribution >= 4 is 33.4 Å². The summed E-state index contributed by atoms with van der Waals surface area (Å²) in [6.45, 7) is 2.86. The summed E-state index contributed by atoms with van der Waals surface area (Å²) in [7, 11) is -1.86. The van der Waals surface area contributed by atoms with Crippen molar-refractivity contribution in [3.05, 3.63) is 33.9 Å². The molecule has 0 aliphatic carbocycles. The van der Waals surface area contributed by atoms with E-state index >= 15 is 0 Å². The van der Waals surface area contributed by atoms with Crippen molar-refractivity contribution in [3.8, 4) is 5.75 Å². The first kappa shape index (κ1) is 23.4. The Morgan fingerprint density at radius 2 is 2.07 bits per heavy atom. The molecule has 1 N–H and O–H groups in total. The van der Waals surface area contributed by atoms with Gasteiger partial charge < -0.3 is 9.64 Å². The summed E-state index contributed by atoms with van der Waals surface area (Å²) in [6, 6.07) is 4.64. The Labute approximate surface area is 175 Å². The summed E-state index contributed by atoms with van der Waals surface area (Å²) in [4.78, 5) is 24.7. The molecular formula is C18H27N3O6S2. The number of nitrogens with zero attached hydrogens (tertiary/aromatic N) is 2. The summed E-state index contributed by atoms with van der Waals surface area (Å²) in [6.07, 6.45) is 1.77. The molecule has 0 radical (unpaired) electrons. The molecule has 0 unspecified atom stereocenters. The van der Waals surface area contributed by atoms with Crippen LogP contribution in [0.25, 0.3) is 0 Å². The van der Waals surface area contributed by atoms with E-state index in [0.29, 0.717) is 38.1 Å². The standard InChI is InChI=1S/C18H27N3O6S2/c1-3-10-29(25,26)19-15-6-8-20(9-7-15)18(22)13-28-12-14-4-5-17(27-2)16(11-14)21(23)24/h4-5,11,15,19H,3,6-10,12-13H2,1-2H3. The molecule has 0 atom stereocenters. The van der Waals surface area contributed by atoms with Crippen LogP contribution in [-0.2, 0) is 20.6 Å². The predicted octanol–water partition coefficient (Wildman–Crippen LogP) is 2.16. The number of nitrogens with one attached hydrogen (secondary N) is 1. The van der Waals surface area contributed by atoms with E-state index in [9.17, 15) is 23.3 Å². The molecule has 0 saturated carbocycles. The van der Waals surface area contributed by atoms with Gasteiger partial charge in [-0.1, -0.05) is 13.0 Å². The zero-order chi connectivity index (χ0) is 21.4. The third kappa shape index (κ3) is 7.16. The van der Waals surface area contributed by atoms with Crippen molar-refractivity contribution < 1.29 is 22.9 Å². The van der Waals surface area contributed by atoms with Gasteiger partial charge in [-0.25, -0.2) is 13.1 Å². The lowest BCUT2D eigenvalue weighted by Gasteiger charge is -2.32. The van der Waals surface area contributed by atoms with E-state index in [0.717, 1.165) is 5.56 Å². The van der Waals surface area contributed by atoms with Gasteiger partial charge in [0.25, 0.3) is 0 Å². The van der Waals surface area contributed by atoms with Gasteiger partial charge in [0.15, 0.2) is 5.75 Å². The molecule has 1 heterocycles. The molecule has 0 aromatic heterocycles. The third-order valence-electron chi connectivity index (χ3n) is 4.60. The quantitative estimate of drug-likeness (QED) is 0.433. The van der Waals surface area contributed by atoms with Crippen LogP contribution < -0.4 is 9.46 Å². The molecule has 1 aromatic rings. The van der Waals surface area contributed by atoms with Crippen molar-refractivity contribution in [2.45, 2.75) is 38.0 Å². The molecule has 1 aliphatic rings. The molecule has 1 aliphatic heterocycles. The molecule has 0 bridgehead atoms. The second-order valence-corrected chi connectivity index (χ2v) is 9.71. The number of carbonyl (C=O) groups excluding carboxylic acids is 1. The minimum Gasteiger partial charge on any atom is -0.490 e. The summed E-state index contributed by atoms with van der Waals surface area (Å²) in [5, 5.41) is 11.1. The fourth-order valence-corrected chi connectivity index (χ4v) is 5.42. The van der Waals surface area contributed by atoms with E-state index in [1.807, 2.05) is 6.92 Å². The number of likely N-dealkylation sites (tertiary alicyclic amines) is 1. The minimum absolute atomic E-state index is 0.00660. The molecule has 9 nitrogen and oxygen atoms in total. The Balaban J connectivity index is 1.78. The highest BCUT2D eigenvalue weighted by Crippen LogP contribution is 2.29. The van der Waals surface area contributed by atoms with Gasteiger partial charge >= 0.3 is 5.69 Å². The highest BCUT2D eigenvalue weighted by atomic mass is 32.2. The molecule has 162 valence electrons. The zero-order valence-corrected chi connectivity index (χ0v) is 18.3. The number of hydrogen-bond donors (Lipinski definition) is 1. The Hall–Kier alpha value is -1.85. The Kier molecular flexibility index (Phi) is 8.72. The number of hydrogen-bond acceptors (Lipinski definition) is 7. The first-order valence-electron chi connectivity index (χ1n) is 9.42. The van der Waals surface area contributed by atoms with E-state index in [4.69, 9.17) is 4.74 Å². The van der Waals surface area contributed by atoms with Crippen LogP contribution in [0.3, 0.4) is 0 Å².